The van der Waals surface area contributed by atoms with Crippen molar-refractivity contribution in [2.75, 3.05) is 19.6 Å². The Hall–Kier alpha value is -1.10. The Balaban J connectivity index is 1.89. The number of rotatable bonds is 4. The average molecular weight is 267 g/mol. The van der Waals surface area contributed by atoms with Crippen molar-refractivity contribution in [3.05, 3.63) is 0 Å². The molecule has 2 atom stereocenters. The maximum atomic E-state index is 11.9. The molecule has 2 fully saturated rings. The summed E-state index contributed by atoms with van der Waals surface area (Å²) in [5, 5.41) is 5.15. The summed E-state index contributed by atoms with van der Waals surface area (Å²) in [4.78, 5) is 25.7. The van der Waals surface area contributed by atoms with Crippen molar-refractivity contribution < 1.29 is 9.59 Å². The summed E-state index contributed by atoms with van der Waals surface area (Å²) in [6.07, 6.45) is 3.15. The van der Waals surface area contributed by atoms with Gasteiger partial charge in [-0.05, 0) is 44.7 Å². The van der Waals surface area contributed by atoms with Crippen LogP contribution in [0.1, 0.15) is 40.0 Å². The Morgan fingerprint density at radius 2 is 2.00 bits per heavy atom. The molecule has 0 saturated carbocycles. The average Bonchev–Trinajstić information content (AvgIpc) is 2.64. The molecule has 19 heavy (non-hydrogen) atoms. The minimum Gasteiger partial charge on any atom is -0.323 e. The van der Waals surface area contributed by atoms with Gasteiger partial charge in [0.05, 0.1) is 0 Å². The lowest BCUT2D eigenvalue weighted by atomic mass is 9.79. The molecule has 2 saturated heterocycles. The largest absolute Gasteiger partial charge is 0.323 e. The zero-order valence-electron chi connectivity index (χ0n) is 12.2. The van der Waals surface area contributed by atoms with E-state index >= 15 is 0 Å². The van der Waals surface area contributed by atoms with E-state index in [0.29, 0.717) is 0 Å². The number of hydrogen-bond acceptors (Lipinski definition) is 3. The summed E-state index contributed by atoms with van der Waals surface area (Å²) in [5.74, 6) is 0.798. The van der Waals surface area contributed by atoms with Crippen molar-refractivity contribution in [1.82, 2.24) is 15.5 Å². The van der Waals surface area contributed by atoms with Gasteiger partial charge in [-0.3, -0.25) is 10.1 Å². The highest BCUT2D eigenvalue weighted by Crippen LogP contribution is 2.30. The molecule has 0 unspecified atom stereocenters. The molecule has 3 amide bonds. The number of carbonyl (C=O) groups excluding carboxylic acids is 2. The van der Waals surface area contributed by atoms with Crippen molar-refractivity contribution in [1.29, 1.82) is 0 Å². The molecular formula is C14H25N3O2. The number of urea groups is 1. The number of amides is 3. The molecule has 2 N–H and O–H groups in total. The minimum atomic E-state index is -0.709. The standard InChI is InChI=1S/C14H25N3O2/c1-4-10(2)9-17-7-5-11(6-8-17)14(3)12(18)15-13(19)16-14/h10-11H,4-9H2,1-3H3,(H2,15,16,18,19)/t10-,14+/m0/s1. The van der Waals surface area contributed by atoms with E-state index in [1.807, 2.05) is 6.92 Å². The molecule has 0 aromatic heterocycles. The summed E-state index contributed by atoms with van der Waals surface area (Å²) in [7, 11) is 0. The number of carbonyl (C=O) groups is 2. The molecule has 0 spiro atoms. The van der Waals surface area contributed by atoms with E-state index in [0.717, 1.165) is 38.4 Å². The van der Waals surface area contributed by atoms with Crippen molar-refractivity contribution in [2.24, 2.45) is 11.8 Å². The lowest BCUT2D eigenvalue weighted by molar-refractivity contribution is -0.125. The Bertz CT molecular complexity index is 364. The molecule has 5 nitrogen and oxygen atoms in total. The Morgan fingerprint density at radius 1 is 1.37 bits per heavy atom. The van der Waals surface area contributed by atoms with E-state index in [-0.39, 0.29) is 17.9 Å². The van der Waals surface area contributed by atoms with Gasteiger partial charge in [0.2, 0.25) is 0 Å². The van der Waals surface area contributed by atoms with Gasteiger partial charge in [0, 0.05) is 6.54 Å². The summed E-state index contributed by atoms with van der Waals surface area (Å²) < 4.78 is 0. The summed E-state index contributed by atoms with van der Waals surface area (Å²) in [6, 6.07) is -0.352. The smallest absolute Gasteiger partial charge is 0.322 e. The summed E-state index contributed by atoms with van der Waals surface area (Å²) >= 11 is 0. The first-order valence-electron chi connectivity index (χ1n) is 7.31. The van der Waals surface area contributed by atoms with Crippen LogP contribution in [-0.2, 0) is 4.79 Å². The van der Waals surface area contributed by atoms with Gasteiger partial charge in [-0.1, -0.05) is 20.3 Å². The van der Waals surface area contributed by atoms with E-state index in [2.05, 4.69) is 29.4 Å². The van der Waals surface area contributed by atoms with Crippen LogP contribution in [-0.4, -0.2) is 42.0 Å². The molecule has 2 heterocycles. The van der Waals surface area contributed by atoms with Gasteiger partial charge in [-0.15, -0.1) is 0 Å². The first kappa shape index (κ1) is 14.3. The van der Waals surface area contributed by atoms with Gasteiger partial charge in [0.25, 0.3) is 5.91 Å². The van der Waals surface area contributed by atoms with Crippen LogP contribution in [0.2, 0.25) is 0 Å². The van der Waals surface area contributed by atoms with E-state index in [1.165, 1.54) is 6.42 Å². The Kier molecular flexibility index (Phi) is 4.13. The van der Waals surface area contributed by atoms with Crippen LogP contribution in [0.3, 0.4) is 0 Å². The lowest BCUT2D eigenvalue weighted by Crippen LogP contribution is -2.54. The molecule has 108 valence electrons. The quantitative estimate of drug-likeness (QED) is 0.756. The monoisotopic (exact) mass is 267 g/mol. The highest BCUT2D eigenvalue weighted by atomic mass is 16.2. The van der Waals surface area contributed by atoms with Crippen molar-refractivity contribution >= 4 is 11.9 Å². The zero-order valence-corrected chi connectivity index (χ0v) is 12.2. The predicted octanol–water partition coefficient (Wildman–Crippen LogP) is 1.34. The predicted molar refractivity (Wildman–Crippen MR) is 73.7 cm³/mol. The Labute approximate surface area is 115 Å². The van der Waals surface area contributed by atoms with Crippen LogP contribution in [0.25, 0.3) is 0 Å². The first-order chi connectivity index (χ1) is 8.95. The molecule has 0 aromatic carbocycles. The van der Waals surface area contributed by atoms with Gasteiger partial charge in [0.15, 0.2) is 0 Å². The molecule has 2 aliphatic rings. The van der Waals surface area contributed by atoms with E-state index in [4.69, 9.17) is 0 Å². The molecule has 5 heteroatoms. The fourth-order valence-electron chi connectivity index (χ4n) is 3.11. The minimum absolute atomic E-state index is 0.169. The lowest BCUT2D eigenvalue weighted by Gasteiger charge is -2.39. The van der Waals surface area contributed by atoms with Crippen molar-refractivity contribution in [3.63, 3.8) is 0 Å². The van der Waals surface area contributed by atoms with Crippen LogP contribution in [0, 0.1) is 11.8 Å². The number of hydrogen-bond donors (Lipinski definition) is 2. The van der Waals surface area contributed by atoms with E-state index in [1.54, 1.807) is 0 Å². The van der Waals surface area contributed by atoms with E-state index in [9.17, 15) is 9.59 Å². The van der Waals surface area contributed by atoms with Crippen LogP contribution >= 0.6 is 0 Å². The van der Waals surface area contributed by atoms with Crippen LogP contribution in [0.4, 0.5) is 4.79 Å². The SMILES string of the molecule is CC[C@H](C)CN1CCC([C@@]2(C)NC(=O)NC2=O)CC1. The molecule has 2 rings (SSSR count). The fourth-order valence-corrected chi connectivity index (χ4v) is 3.11. The maximum absolute atomic E-state index is 11.9. The second-order valence-corrected chi connectivity index (χ2v) is 6.20. The van der Waals surface area contributed by atoms with Crippen molar-refractivity contribution in [2.45, 2.75) is 45.6 Å². The van der Waals surface area contributed by atoms with Crippen LogP contribution in [0.5, 0.6) is 0 Å². The Morgan fingerprint density at radius 3 is 2.47 bits per heavy atom. The van der Waals surface area contributed by atoms with Gasteiger partial charge in [-0.2, -0.15) is 0 Å². The molecule has 0 bridgehead atoms. The van der Waals surface area contributed by atoms with Gasteiger partial charge < -0.3 is 10.2 Å². The third kappa shape index (κ3) is 2.91. The highest BCUT2D eigenvalue weighted by molar-refractivity contribution is 6.06. The van der Waals surface area contributed by atoms with Gasteiger partial charge >= 0.3 is 6.03 Å². The first-order valence-corrected chi connectivity index (χ1v) is 7.31. The van der Waals surface area contributed by atoms with Crippen LogP contribution < -0.4 is 10.6 Å². The molecule has 0 aliphatic carbocycles. The highest BCUT2D eigenvalue weighted by Gasteiger charge is 2.48. The topological polar surface area (TPSA) is 61.4 Å². The fraction of sp³-hybridized carbons (Fsp3) is 0.857. The third-order valence-electron chi connectivity index (χ3n) is 4.74. The second kappa shape index (κ2) is 5.49. The summed E-state index contributed by atoms with van der Waals surface area (Å²) in [6.45, 7) is 9.52. The zero-order chi connectivity index (χ0) is 14.0. The van der Waals surface area contributed by atoms with Gasteiger partial charge in [-0.25, -0.2) is 4.79 Å². The normalized spacial score (nSPS) is 31.1. The number of piperidine rings is 1. The maximum Gasteiger partial charge on any atom is 0.322 e. The van der Waals surface area contributed by atoms with Crippen LogP contribution in [0.15, 0.2) is 0 Å². The van der Waals surface area contributed by atoms with Crippen molar-refractivity contribution in [3.8, 4) is 0 Å². The van der Waals surface area contributed by atoms with E-state index < -0.39 is 5.54 Å². The molecule has 0 aromatic rings. The van der Waals surface area contributed by atoms with Gasteiger partial charge in [0.1, 0.15) is 5.54 Å². The molecule has 2 aliphatic heterocycles. The third-order valence-corrected chi connectivity index (χ3v) is 4.74. The number of imide groups is 1. The molecule has 0 radical (unpaired) electrons. The second-order valence-electron chi connectivity index (χ2n) is 6.20. The summed E-state index contributed by atoms with van der Waals surface area (Å²) in [5.41, 5.74) is -0.709. The molecular weight excluding hydrogens is 242 g/mol. The number of nitrogens with zero attached hydrogens (tertiary/aromatic N) is 1. The number of nitrogens with one attached hydrogen (secondary N) is 2. The number of likely N-dealkylation sites (tertiary alicyclic amines) is 1.